The molecule has 1 aromatic carbocycles. The lowest BCUT2D eigenvalue weighted by molar-refractivity contribution is 0.609. The smallest absolute Gasteiger partial charge is 0.255 e. The van der Waals surface area contributed by atoms with E-state index in [2.05, 4.69) is 4.98 Å². The molecule has 0 amide bonds. The molecule has 15 heavy (non-hydrogen) atoms. The predicted octanol–water partition coefficient (Wildman–Crippen LogP) is 2.47. The van der Waals surface area contributed by atoms with Crippen LogP contribution in [0.1, 0.15) is 5.56 Å². The molecule has 0 fully saturated rings. The van der Waals surface area contributed by atoms with Crippen LogP contribution in [0, 0.1) is 6.92 Å². The summed E-state index contributed by atoms with van der Waals surface area (Å²) in [5.41, 5.74) is 1.80. The molecule has 1 aromatic heterocycles. The normalized spacial score (nSPS) is 11.9. The summed E-state index contributed by atoms with van der Waals surface area (Å²) >= 11 is 0. The van der Waals surface area contributed by atoms with Gasteiger partial charge in [-0.2, -0.15) is 0 Å². The van der Waals surface area contributed by atoms with Gasteiger partial charge in [0.1, 0.15) is 4.90 Å². The zero-order valence-corrected chi connectivity index (χ0v) is 9.51. The summed E-state index contributed by atoms with van der Waals surface area (Å²) in [6.07, 6.45) is 1.26. The molecule has 5 heteroatoms. The standard InChI is InChI=1S/C10H8ClNO2S/c1-7-2-3-10-8(4-7)5-9(6-12-10)15(11,13)14/h2-6H,1H3. The molecule has 2 rings (SSSR count). The number of aryl methyl sites for hydroxylation is 1. The zero-order valence-electron chi connectivity index (χ0n) is 7.94. The lowest BCUT2D eigenvalue weighted by Crippen LogP contribution is -1.92. The third-order valence-corrected chi connectivity index (χ3v) is 3.41. The van der Waals surface area contributed by atoms with Gasteiger partial charge in [-0.1, -0.05) is 11.6 Å². The Bertz CT molecular complexity index is 622. The van der Waals surface area contributed by atoms with E-state index in [-0.39, 0.29) is 4.90 Å². The molecule has 0 N–H and O–H groups in total. The van der Waals surface area contributed by atoms with Gasteiger partial charge in [-0.25, -0.2) is 8.42 Å². The first kappa shape index (κ1) is 10.4. The summed E-state index contributed by atoms with van der Waals surface area (Å²) in [7, 11) is 1.53. The van der Waals surface area contributed by atoms with Gasteiger partial charge in [-0.15, -0.1) is 0 Å². The van der Waals surface area contributed by atoms with Gasteiger partial charge in [-0.05, 0) is 25.1 Å². The topological polar surface area (TPSA) is 47.0 Å². The molecule has 0 aliphatic carbocycles. The van der Waals surface area contributed by atoms with E-state index >= 15 is 0 Å². The van der Waals surface area contributed by atoms with E-state index in [0.29, 0.717) is 0 Å². The van der Waals surface area contributed by atoms with Crippen molar-refractivity contribution in [3.05, 3.63) is 36.0 Å². The number of pyridine rings is 1. The van der Waals surface area contributed by atoms with E-state index in [1.54, 1.807) is 0 Å². The molecule has 0 saturated heterocycles. The zero-order chi connectivity index (χ0) is 11.1. The largest absolute Gasteiger partial charge is 0.262 e. The van der Waals surface area contributed by atoms with Crippen molar-refractivity contribution in [3.63, 3.8) is 0 Å². The highest BCUT2D eigenvalue weighted by atomic mass is 35.7. The Labute approximate surface area is 92.1 Å². The lowest BCUT2D eigenvalue weighted by atomic mass is 10.1. The molecule has 0 saturated carbocycles. The van der Waals surface area contributed by atoms with E-state index in [1.807, 2.05) is 25.1 Å². The third kappa shape index (κ3) is 2.11. The molecule has 0 aliphatic heterocycles. The van der Waals surface area contributed by atoms with Crippen LogP contribution in [0.4, 0.5) is 0 Å². The van der Waals surface area contributed by atoms with Gasteiger partial charge in [0.25, 0.3) is 9.05 Å². The summed E-state index contributed by atoms with van der Waals surface area (Å²) in [5, 5.41) is 0.775. The Morgan fingerprint density at radius 3 is 2.67 bits per heavy atom. The molecule has 0 atom stereocenters. The highest BCUT2D eigenvalue weighted by Crippen LogP contribution is 2.20. The SMILES string of the molecule is Cc1ccc2ncc(S(=O)(=O)Cl)cc2c1. The minimum atomic E-state index is -3.70. The molecule has 0 spiro atoms. The fourth-order valence-corrected chi connectivity index (χ4v) is 2.06. The summed E-state index contributed by atoms with van der Waals surface area (Å²) in [4.78, 5) is 4.05. The Morgan fingerprint density at radius 2 is 2.00 bits per heavy atom. The van der Waals surface area contributed by atoms with Crippen LogP contribution in [-0.4, -0.2) is 13.4 Å². The van der Waals surface area contributed by atoms with E-state index < -0.39 is 9.05 Å². The van der Waals surface area contributed by atoms with Crippen molar-refractivity contribution in [2.75, 3.05) is 0 Å². The van der Waals surface area contributed by atoms with Gasteiger partial charge in [0, 0.05) is 22.3 Å². The van der Waals surface area contributed by atoms with Gasteiger partial charge in [-0.3, -0.25) is 4.98 Å². The summed E-state index contributed by atoms with van der Waals surface area (Å²) < 4.78 is 22.2. The fourth-order valence-electron chi connectivity index (χ4n) is 1.36. The summed E-state index contributed by atoms with van der Waals surface area (Å²) in [5.74, 6) is 0. The van der Waals surface area contributed by atoms with E-state index in [4.69, 9.17) is 10.7 Å². The van der Waals surface area contributed by atoms with Crippen molar-refractivity contribution in [2.45, 2.75) is 11.8 Å². The molecule has 0 unspecified atom stereocenters. The molecule has 3 nitrogen and oxygen atoms in total. The van der Waals surface area contributed by atoms with Gasteiger partial charge >= 0.3 is 0 Å². The van der Waals surface area contributed by atoms with Crippen molar-refractivity contribution < 1.29 is 8.42 Å². The number of hydrogen-bond acceptors (Lipinski definition) is 3. The molecule has 78 valence electrons. The second-order valence-electron chi connectivity index (χ2n) is 3.31. The average Bonchev–Trinajstić information content (AvgIpc) is 2.15. The van der Waals surface area contributed by atoms with Crippen molar-refractivity contribution >= 4 is 30.6 Å². The van der Waals surface area contributed by atoms with Gasteiger partial charge < -0.3 is 0 Å². The van der Waals surface area contributed by atoms with Crippen molar-refractivity contribution in [3.8, 4) is 0 Å². The lowest BCUT2D eigenvalue weighted by Gasteiger charge is -2.00. The van der Waals surface area contributed by atoms with Crippen LogP contribution < -0.4 is 0 Å². The molecule has 1 heterocycles. The first-order chi connectivity index (χ1) is 6.97. The van der Waals surface area contributed by atoms with Crippen molar-refractivity contribution in [1.29, 1.82) is 0 Å². The minimum absolute atomic E-state index is 0.0299. The second-order valence-corrected chi connectivity index (χ2v) is 5.87. The maximum atomic E-state index is 11.1. The Kier molecular flexibility index (Phi) is 2.40. The average molecular weight is 242 g/mol. The van der Waals surface area contributed by atoms with Crippen LogP contribution in [0.15, 0.2) is 35.4 Å². The number of rotatable bonds is 1. The van der Waals surface area contributed by atoms with E-state index in [0.717, 1.165) is 16.5 Å². The maximum absolute atomic E-state index is 11.1. The fraction of sp³-hybridized carbons (Fsp3) is 0.100. The first-order valence-corrected chi connectivity index (χ1v) is 6.59. The monoisotopic (exact) mass is 241 g/mol. The molecular weight excluding hydrogens is 234 g/mol. The van der Waals surface area contributed by atoms with Crippen molar-refractivity contribution in [2.24, 2.45) is 0 Å². The predicted molar refractivity (Wildman–Crippen MR) is 59.5 cm³/mol. The summed E-state index contributed by atoms with van der Waals surface area (Å²) in [6.45, 7) is 1.93. The third-order valence-electron chi connectivity index (χ3n) is 2.09. The Morgan fingerprint density at radius 1 is 1.27 bits per heavy atom. The quantitative estimate of drug-likeness (QED) is 0.721. The summed E-state index contributed by atoms with van der Waals surface area (Å²) in [6, 6.07) is 7.16. The van der Waals surface area contributed by atoms with Crippen LogP contribution in [0.25, 0.3) is 10.9 Å². The Balaban J connectivity index is 2.75. The number of nitrogens with zero attached hydrogens (tertiary/aromatic N) is 1. The highest BCUT2D eigenvalue weighted by Gasteiger charge is 2.10. The van der Waals surface area contributed by atoms with Crippen LogP contribution in [-0.2, 0) is 9.05 Å². The Hall–Kier alpha value is -1.13. The molecular formula is C10H8ClNO2S. The minimum Gasteiger partial charge on any atom is -0.255 e. The van der Waals surface area contributed by atoms with Crippen LogP contribution in [0.3, 0.4) is 0 Å². The van der Waals surface area contributed by atoms with Crippen LogP contribution >= 0.6 is 10.7 Å². The van der Waals surface area contributed by atoms with Crippen LogP contribution in [0.5, 0.6) is 0 Å². The highest BCUT2D eigenvalue weighted by molar-refractivity contribution is 8.13. The molecule has 0 bridgehead atoms. The van der Waals surface area contributed by atoms with Gasteiger partial charge in [0.15, 0.2) is 0 Å². The van der Waals surface area contributed by atoms with E-state index in [9.17, 15) is 8.42 Å². The van der Waals surface area contributed by atoms with Crippen molar-refractivity contribution in [1.82, 2.24) is 4.98 Å². The maximum Gasteiger partial charge on any atom is 0.262 e. The second kappa shape index (κ2) is 3.47. The molecule has 0 aliphatic rings. The first-order valence-electron chi connectivity index (χ1n) is 4.28. The number of fused-ring (bicyclic) bond motifs is 1. The van der Waals surface area contributed by atoms with Gasteiger partial charge in [0.2, 0.25) is 0 Å². The number of aromatic nitrogens is 1. The number of hydrogen-bond donors (Lipinski definition) is 0. The number of halogens is 1. The van der Waals surface area contributed by atoms with E-state index in [1.165, 1.54) is 12.3 Å². The van der Waals surface area contributed by atoms with Crippen LogP contribution in [0.2, 0.25) is 0 Å². The van der Waals surface area contributed by atoms with Gasteiger partial charge in [0.05, 0.1) is 5.52 Å². The molecule has 2 aromatic rings. The number of benzene rings is 1. The molecule has 0 radical (unpaired) electrons.